The summed E-state index contributed by atoms with van der Waals surface area (Å²) in [5, 5.41) is 3.26. The van der Waals surface area contributed by atoms with Gasteiger partial charge in [0, 0.05) is 12.8 Å². The Balaban J connectivity index is 2.02. The number of hydrogen-bond donors (Lipinski definition) is 1. The molecule has 17 heavy (non-hydrogen) atoms. The SMILES string of the molecule is COC(=O)c1ccnc(NC2CCCOC2)c1. The molecule has 0 amide bonds. The fraction of sp³-hybridized carbons (Fsp3) is 0.500. The van der Waals surface area contributed by atoms with Crippen molar-refractivity contribution in [3.05, 3.63) is 23.9 Å². The van der Waals surface area contributed by atoms with Crippen LogP contribution in [-0.4, -0.2) is 37.3 Å². The molecular weight excluding hydrogens is 220 g/mol. The number of methoxy groups -OCH3 is 1. The molecule has 1 atom stereocenters. The van der Waals surface area contributed by atoms with Crippen LogP contribution in [0.1, 0.15) is 23.2 Å². The van der Waals surface area contributed by atoms with Gasteiger partial charge in [0.1, 0.15) is 5.82 Å². The lowest BCUT2D eigenvalue weighted by Gasteiger charge is -2.23. The van der Waals surface area contributed by atoms with Gasteiger partial charge in [0.25, 0.3) is 0 Å². The number of hydrogen-bond acceptors (Lipinski definition) is 5. The summed E-state index contributed by atoms with van der Waals surface area (Å²) in [4.78, 5) is 15.5. The van der Waals surface area contributed by atoms with Crippen LogP contribution in [0, 0.1) is 0 Å². The number of carbonyl (C=O) groups excluding carboxylic acids is 1. The molecule has 0 saturated carbocycles. The van der Waals surface area contributed by atoms with E-state index < -0.39 is 0 Å². The second kappa shape index (κ2) is 5.63. The second-order valence-electron chi connectivity index (χ2n) is 3.98. The molecule has 5 nitrogen and oxygen atoms in total. The van der Waals surface area contributed by atoms with Crippen molar-refractivity contribution in [1.82, 2.24) is 4.98 Å². The van der Waals surface area contributed by atoms with Gasteiger partial charge in [-0.1, -0.05) is 0 Å². The van der Waals surface area contributed by atoms with Crippen LogP contribution in [0.4, 0.5) is 5.82 Å². The summed E-state index contributed by atoms with van der Waals surface area (Å²) in [6.07, 6.45) is 3.71. The maximum Gasteiger partial charge on any atom is 0.338 e. The van der Waals surface area contributed by atoms with Gasteiger partial charge in [0.2, 0.25) is 0 Å². The minimum Gasteiger partial charge on any atom is -0.465 e. The van der Waals surface area contributed by atoms with Crippen LogP contribution in [0.5, 0.6) is 0 Å². The minimum atomic E-state index is -0.352. The van der Waals surface area contributed by atoms with Crippen LogP contribution in [0.3, 0.4) is 0 Å². The lowest BCUT2D eigenvalue weighted by atomic mass is 10.1. The third-order valence-electron chi connectivity index (χ3n) is 2.69. The zero-order valence-electron chi connectivity index (χ0n) is 9.81. The maximum atomic E-state index is 11.4. The third kappa shape index (κ3) is 3.17. The predicted molar refractivity (Wildman–Crippen MR) is 63.0 cm³/mol. The van der Waals surface area contributed by atoms with E-state index in [4.69, 9.17) is 4.74 Å². The van der Waals surface area contributed by atoms with Gasteiger partial charge in [0.05, 0.1) is 25.3 Å². The molecule has 2 rings (SSSR count). The summed E-state index contributed by atoms with van der Waals surface area (Å²) in [6, 6.07) is 3.60. The quantitative estimate of drug-likeness (QED) is 0.805. The molecule has 0 radical (unpaired) electrons. The summed E-state index contributed by atoms with van der Waals surface area (Å²) in [5.41, 5.74) is 0.502. The van der Waals surface area contributed by atoms with Gasteiger partial charge in [-0.25, -0.2) is 9.78 Å². The van der Waals surface area contributed by atoms with Crippen molar-refractivity contribution in [1.29, 1.82) is 0 Å². The molecule has 1 saturated heterocycles. The number of anilines is 1. The van der Waals surface area contributed by atoms with Crippen molar-refractivity contribution < 1.29 is 14.3 Å². The summed E-state index contributed by atoms with van der Waals surface area (Å²) in [7, 11) is 1.37. The van der Waals surface area contributed by atoms with E-state index in [-0.39, 0.29) is 12.0 Å². The van der Waals surface area contributed by atoms with Crippen LogP contribution >= 0.6 is 0 Å². The monoisotopic (exact) mass is 236 g/mol. The molecule has 1 aliphatic rings. The normalized spacial score (nSPS) is 19.7. The highest BCUT2D eigenvalue weighted by Gasteiger charge is 2.14. The Morgan fingerprint density at radius 3 is 3.24 bits per heavy atom. The highest BCUT2D eigenvalue weighted by atomic mass is 16.5. The zero-order chi connectivity index (χ0) is 12.1. The molecule has 5 heteroatoms. The first-order chi connectivity index (χ1) is 8.29. The van der Waals surface area contributed by atoms with E-state index in [2.05, 4.69) is 15.0 Å². The molecule has 0 spiro atoms. The Morgan fingerprint density at radius 2 is 2.53 bits per heavy atom. The van der Waals surface area contributed by atoms with Crippen molar-refractivity contribution in [2.45, 2.75) is 18.9 Å². The smallest absolute Gasteiger partial charge is 0.338 e. The molecule has 1 aromatic rings. The van der Waals surface area contributed by atoms with Crippen molar-refractivity contribution in [3.8, 4) is 0 Å². The van der Waals surface area contributed by atoms with Crippen LogP contribution < -0.4 is 5.32 Å². The van der Waals surface area contributed by atoms with E-state index in [0.29, 0.717) is 18.0 Å². The molecule has 0 aromatic carbocycles. The molecule has 1 fully saturated rings. The highest BCUT2D eigenvalue weighted by Crippen LogP contribution is 2.14. The Labute approximate surface area is 100 Å². The van der Waals surface area contributed by atoms with Gasteiger partial charge < -0.3 is 14.8 Å². The number of aromatic nitrogens is 1. The zero-order valence-corrected chi connectivity index (χ0v) is 9.81. The molecule has 2 heterocycles. The van der Waals surface area contributed by atoms with E-state index in [0.717, 1.165) is 19.4 Å². The van der Waals surface area contributed by atoms with Gasteiger partial charge in [0.15, 0.2) is 0 Å². The summed E-state index contributed by atoms with van der Waals surface area (Å²) < 4.78 is 10.0. The van der Waals surface area contributed by atoms with Crippen molar-refractivity contribution >= 4 is 11.8 Å². The van der Waals surface area contributed by atoms with Crippen molar-refractivity contribution in [3.63, 3.8) is 0 Å². The topological polar surface area (TPSA) is 60.5 Å². The lowest BCUT2D eigenvalue weighted by molar-refractivity contribution is 0.0600. The van der Waals surface area contributed by atoms with Gasteiger partial charge in [-0.05, 0) is 25.0 Å². The molecule has 0 aliphatic carbocycles. The standard InChI is InChI=1S/C12H16N2O3/c1-16-12(15)9-4-5-13-11(7-9)14-10-3-2-6-17-8-10/h4-5,7,10H,2-3,6,8H2,1H3,(H,13,14). The van der Waals surface area contributed by atoms with Crippen LogP contribution in [0.15, 0.2) is 18.3 Å². The number of ether oxygens (including phenoxy) is 2. The first kappa shape index (κ1) is 11.9. The number of carbonyl (C=O) groups is 1. The number of rotatable bonds is 3. The maximum absolute atomic E-state index is 11.4. The summed E-state index contributed by atoms with van der Waals surface area (Å²) in [5.74, 6) is 0.332. The molecule has 92 valence electrons. The molecule has 0 bridgehead atoms. The van der Waals surface area contributed by atoms with E-state index >= 15 is 0 Å². The van der Waals surface area contributed by atoms with Crippen LogP contribution in [0.25, 0.3) is 0 Å². The van der Waals surface area contributed by atoms with Gasteiger partial charge >= 0.3 is 5.97 Å². The second-order valence-corrected chi connectivity index (χ2v) is 3.98. The van der Waals surface area contributed by atoms with Crippen LogP contribution in [-0.2, 0) is 9.47 Å². The average molecular weight is 236 g/mol. The van der Waals surface area contributed by atoms with Gasteiger partial charge in [-0.3, -0.25) is 0 Å². The molecule has 1 N–H and O–H groups in total. The van der Waals surface area contributed by atoms with Crippen molar-refractivity contribution in [2.24, 2.45) is 0 Å². The third-order valence-corrected chi connectivity index (χ3v) is 2.69. The molecule has 1 unspecified atom stereocenters. The molecule has 1 aliphatic heterocycles. The van der Waals surface area contributed by atoms with Crippen molar-refractivity contribution in [2.75, 3.05) is 25.6 Å². The summed E-state index contributed by atoms with van der Waals surface area (Å²) >= 11 is 0. The van der Waals surface area contributed by atoms with Gasteiger partial charge in [-0.15, -0.1) is 0 Å². The predicted octanol–water partition coefficient (Wildman–Crippen LogP) is 1.46. The number of nitrogens with zero attached hydrogens (tertiary/aromatic N) is 1. The van der Waals surface area contributed by atoms with E-state index in [1.807, 2.05) is 0 Å². The first-order valence-electron chi connectivity index (χ1n) is 5.68. The first-order valence-corrected chi connectivity index (χ1v) is 5.68. The highest BCUT2D eigenvalue weighted by molar-refractivity contribution is 5.89. The minimum absolute atomic E-state index is 0.268. The number of pyridine rings is 1. The Morgan fingerprint density at radius 1 is 1.65 bits per heavy atom. The average Bonchev–Trinajstić information content (AvgIpc) is 2.39. The molecule has 1 aromatic heterocycles. The molecular formula is C12H16N2O3. The largest absolute Gasteiger partial charge is 0.465 e. The van der Waals surface area contributed by atoms with E-state index in [1.54, 1.807) is 18.3 Å². The summed E-state index contributed by atoms with van der Waals surface area (Å²) in [6.45, 7) is 1.51. The Kier molecular flexibility index (Phi) is 3.93. The van der Waals surface area contributed by atoms with E-state index in [1.165, 1.54) is 7.11 Å². The fourth-order valence-corrected chi connectivity index (χ4v) is 1.82. The number of esters is 1. The number of nitrogens with one attached hydrogen (secondary N) is 1. The fourth-order valence-electron chi connectivity index (χ4n) is 1.82. The van der Waals surface area contributed by atoms with Gasteiger partial charge in [-0.2, -0.15) is 0 Å². The lowest BCUT2D eigenvalue weighted by Crippen LogP contribution is -2.30. The van der Waals surface area contributed by atoms with E-state index in [9.17, 15) is 4.79 Å². The Hall–Kier alpha value is -1.62. The van der Waals surface area contributed by atoms with Crippen LogP contribution in [0.2, 0.25) is 0 Å². The Bertz CT molecular complexity index is 389.